The molecule has 1 atom stereocenters. The molecule has 0 bridgehead atoms. The summed E-state index contributed by atoms with van der Waals surface area (Å²) in [6.45, 7) is 4.22. The third kappa shape index (κ3) is 3.09. The number of methoxy groups -OCH3 is 1. The van der Waals surface area contributed by atoms with E-state index in [1.165, 1.54) is 5.56 Å². The van der Waals surface area contributed by atoms with E-state index in [1.807, 2.05) is 18.2 Å². The fourth-order valence-corrected chi connectivity index (χ4v) is 3.41. The standard InChI is InChI=1S/C20H23NO3/c1-20(2)10-9-15-11-14(13-5-4-6-16(12-13)23-3)7-8-17(15)18(20)24-19(21)22/h4-8,11-12,18H,9-10H2,1-3H3,(H2,21,22)/t18-/m0/s1. The number of primary amides is 1. The van der Waals surface area contributed by atoms with Gasteiger partial charge in [0, 0.05) is 5.41 Å². The van der Waals surface area contributed by atoms with E-state index in [2.05, 4.69) is 38.1 Å². The topological polar surface area (TPSA) is 61.6 Å². The van der Waals surface area contributed by atoms with Crippen LogP contribution in [0.15, 0.2) is 42.5 Å². The first-order valence-corrected chi connectivity index (χ1v) is 8.14. The van der Waals surface area contributed by atoms with Gasteiger partial charge in [-0.3, -0.25) is 0 Å². The Bertz CT molecular complexity index is 767. The molecule has 0 saturated heterocycles. The van der Waals surface area contributed by atoms with Gasteiger partial charge in [-0.2, -0.15) is 0 Å². The van der Waals surface area contributed by atoms with E-state index in [4.69, 9.17) is 15.2 Å². The Kier molecular flexibility index (Phi) is 4.22. The largest absolute Gasteiger partial charge is 0.497 e. The summed E-state index contributed by atoms with van der Waals surface area (Å²) in [6.07, 6.45) is 0.869. The first-order chi connectivity index (χ1) is 11.4. The minimum absolute atomic E-state index is 0.125. The molecule has 0 spiro atoms. The number of carbonyl (C=O) groups excluding carboxylic acids is 1. The van der Waals surface area contributed by atoms with Gasteiger partial charge in [-0.25, -0.2) is 4.79 Å². The number of amides is 1. The van der Waals surface area contributed by atoms with E-state index in [1.54, 1.807) is 7.11 Å². The van der Waals surface area contributed by atoms with Crippen molar-refractivity contribution in [2.75, 3.05) is 7.11 Å². The number of hydrogen-bond acceptors (Lipinski definition) is 3. The molecule has 126 valence electrons. The zero-order chi connectivity index (χ0) is 17.3. The maximum atomic E-state index is 11.3. The van der Waals surface area contributed by atoms with E-state index >= 15 is 0 Å². The minimum Gasteiger partial charge on any atom is -0.497 e. The van der Waals surface area contributed by atoms with Crippen LogP contribution >= 0.6 is 0 Å². The number of rotatable bonds is 3. The SMILES string of the molecule is COc1cccc(-c2ccc3c(c2)CCC(C)(C)[C@H]3OC(N)=O)c1. The van der Waals surface area contributed by atoms with E-state index in [9.17, 15) is 4.79 Å². The van der Waals surface area contributed by atoms with E-state index in [-0.39, 0.29) is 11.5 Å². The predicted molar refractivity (Wildman–Crippen MR) is 93.9 cm³/mol. The molecule has 24 heavy (non-hydrogen) atoms. The van der Waals surface area contributed by atoms with Crippen LogP contribution in [0.2, 0.25) is 0 Å². The summed E-state index contributed by atoms with van der Waals surface area (Å²) in [5, 5.41) is 0. The molecule has 0 saturated carbocycles. The van der Waals surface area contributed by atoms with Crippen LogP contribution < -0.4 is 10.5 Å². The zero-order valence-corrected chi connectivity index (χ0v) is 14.3. The van der Waals surface area contributed by atoms with Gasteiger partial charge in [0.15, 0.2) is 0 Å². The molecule has 1 aliphatic rings. The molecule has 4 nitrogen and oxygen atoms in total. The highest BCUT2D eigenvalue weighted by Crippen LogP contribution is 2.46. The summed E-state index contributed by atoms with van der Waals surface area (Å²) in [6, 6.07) is 14.3. The maximum Gasteiger partial charge on any atom is 0.405 e. The van der Waals surface area contributed by atoms with Gasteiger partial charge in [-0.1, -0.05) is 44.2 Å². The van der Waals surface area contributed by atoms with Crippen molar-refractivity contribution >= 4 is 6.09 Å². The highest BCUT2D eigenvalue weighted by Gasteiger charge is 2.38. The fourth-order valence-electron chi connectivity index (χ4n) is 3.41. The minimum atomic E-state index is -0.724. The Morgan fingerprint density at radius 1 is 1.17 bits per heavy atom. The van der Waals surface area contributed by atoms with Crippen molar-refractivity contribution in [2.45, 2.75) is 32.8 Å². The van der Waals surface area contributed by atoms with Crippen molar-refractivity contribution in [3.63, 3.8) is 0 Å². The molecule has 2 aromatic rings. The summed E-state index contributed by atoms with van der Waals surface area (Å²) in [5.41, 5.74) is 9.65. The van der Waals surface area contributed by atoms with Crippen molar-refractivity contribution in [3.8, 4) is 16.9 Å². The Morgan fingerprint density at radius 3 is 2.62 bits per heavy atom. The summed E-state index contributed by atoms with van der Waals surface area (Å²) >= 11 is 0. The van der Waals surface area contributed by atoms with Crippen molar-refractivity contribution in [2.24, 2.45) is 11.1 Å². The number of hydrogen-bond donors (Lipinski definition) is 1. The summed E-state index contributed by atoms with van der Waals surface area (Å²) < 4.78 is 10.7. The Labute approximate surface area is 142 Å². The number of fused-ring (bicyclic) bond motifs is 1. The van der Waals surface area contributed by atoms with Gasteiger partial charge in [0.1, 0.15) is 11.9 Å². The van der Waals surface area contributed by atoms with Crippen LogP contribution in [0.25, 0.3) is 11.1 Å². The molecule has 0 fully saturated rings. The third-order valence-corrected chi connectivity index (χ3v) is 4.81. The quantitative estimate of drug-likeness (QED) is 0.905. The van der Waals surface area contributed by atoms with Gasteiger partial charge in [0.25, 0.3) is 0 Å². The van der Waals surface area contributed by atoms with Crippen LogP contribution in [0.1, 0.15) is 37.5 Å². The molecule has 0 unspecified atom stereocenters. The fraction of sp³-hybridized carbons (Fsp3) is 0.350. The lowest BCUT2D eigenvalue weighted by Crippen LogP contribution is -2.33. The van der Waals surface area contributed by atoms with Gasteiger partial charge >= 0.3 is 6.09 Å². The molecule has 4 heteroatoms. The van der Waals surface area contributed by atoms with Gasteiger partial charge in [0.05, 0.1) is 7.11 Å². The molecule has 3 rings (SSSR count). The molecule has 1 aliphatic carbocycles. The Balaban J connectivity index is 2.00. The van der Waals surface area contributed by atoms with Crippen LogP contribution in [0.5, 0.6) is 5.75 Å². The number of ether oxygens (including phenoxy) is 2. The lowest BCUT2D eigenvalue weighted by atomic mass is 9.71. The smallest absolute Gasteiger partial charge is 0.405 e. The van der Waals surface area contributed by atoms with Crippen molar-refractivity contribution in [1.82, 2.24) is 0 Å². The van der Waals surface area contributed by atoms with Crippen molar-refractivity contribution < 1.29 is 14.3 Å². The van der Waals surface area contributed by atoms with Crippen LogP contribution in [0.3, 0.4) is 0 Å². The highest BCUT2D eigenvalue weighted by molar-refractivity contribution is 5.68. The molecular formula is C20H23NO3. The first-order valence-electron chi connectivity index (χ1n) is 8.14. The average Bonchev–Trinajstić information content (AvgIpc) is 2.57. The number of nitrogens with two attached hydrogens (primary N) is 1. The molecule has 2 aromatic carbocycles. The highest BCUT2D eigenvalue weighted by atomic mass is 16.6. The third-order valence-electron chi connectivity index (χ3n) is 4.81. The summed E-state index contributed by atoms with van der Waals surface area (Å²) in [7, 11) is 1.67. The average molecular weight is 325 g/mol. The Morgan fingerprint density at radius 2 is 1.92 bits per heavy atom. The second-order valence-corrected chi connectivity index (χ2v) is 6.95. The monoisotopic (exact) mass is 325 g/mol. The van der Waals surface area contributed by atoms with Crippen LogP contribution in [-0.4, -0.2) is 13.2 Å². The van der Waals surface area contributed by atoms with E-state index < -0.39 is 6.09 Å². The molecule has 0 heterocycles. The van der Waals surface area contributed by atoms with Gasteiger partial charge in [-0.05, 0) is 47.2 Å². The molecular weight excluding hydrogens is 302 g/mol. The normalized spacial score (nSPS) is 18.5. The zero-order valence-electron chi connectivity index (χ0n) is 14.3. The summed E-state index contributed by atoms with van der Waals surface area (Å²) in [4.78, 5) is 11.3. The lowest BCUT2D eigenvalue weighted by Gasteiger charge is -2.39. The second-order valence-electron chi connectivity index (χ2n) is 6.95. The van der Waals surface area contributed by atoms with Crippen LogP contribution in [-0.2, 0) is 11.2 Å². The van der Waals surface area contributed by atoms with Crippen LogP contribution in [0, 0.1) is 5.41 Å². The molecule has 1 amide bonds. The van der Waals surface area contributed by atoms with Crippen LogP contribution in [0.4, 0.5) is 4.79 Å². The lowest BCUT2D eigenvalue weighted by molar-refractivity contribution is 0.0147. The molecule has 0 aromatic heterocycles. The van der Waals surface area contributed by atoms with E-state index in [0.29, 0.717) is 0 Å². The number of benzene rings is 2. The first kappa shape index (κ1) is 16.4. The van der Waals surface area contributed by atoms with Crippen molar-refractivity contribution in [3.05, 3.63) is 53.6 Å². The number of carbonyl (C=O) groups is 1. The van der Waals surface area contributed by atoms with Gasteiger partial charge in [-0.15, -0.1) is 0 Å². The summed E-state index contributed by atoms with van der Waals surface area (Å²) in [5.74, 6) is 0.835. The van der Waals surface area contributed by atoms with E-state index in [0.717, 1.165) is 35.3 Å². The Hall–Kier alpha value is -2.49. The second kappa shape index (κ2) is 6.19. The molecule has 0 radical (unpaired) electrons. The van der Waals surface area contributed by atoms with Gasteiger partial charge in [0.2, 0.25) is 0 Å². The predicted octanol–water partition coefficient (Wildman–Crippen LogP) is 4.47. The van der Waals surface area contributed by atoms with Crippen molar-refractivity contribution in [1.29, 1.82) is 0 Å². The van der Waals surface area contributed by atoms with Gasteiger partial charge < -0.3 is 15.2 Å². The number of aryl methyl sites for hydroxylation is 1. The molecule has 2 N–H and O–H groups in total. The maximum absolute atomic E-state index is 11.3. The molecule has 0 aliphatic heterocycles.